The van der Waals surface area contributed by atoms with E-state index in [1.54, 1.807) is 6.07 Å². The zero-order chi connectivity index (χ0) is 21.5. The summed E-state index contributed by atoms with van der Waals surface area (Å²) in [6.07, 6.45) is 2.17. The van der Waals surface area contributed by atoms with E-state index in [9.17, 15) is 4.79 Å². The second-order valence-electron chi connectivity index (χ2n) is 8.12. The van der Waals surface area contributed by atoms with Crippen LogP contribution in [-0.2, 0) is 4.74 Å². The summed E-state index contributed by atoms with van der Waals surface area (Å²) in [4.78, 5) is 19.5. The first-order chi connectivity index (χ1) is 14.4. The summed E-state index contributed by atoms with van der Waals surface area (Å²) in [5.41, 5.74) is 3.71. The third kappa shape index (κ3) is 6.07. The number of amides is 1. The van der Waals surface area contributed by atoms with Crippen LogP contribution in [0.25, 0.3) is 0 Å². The average molecular weight is 409 g/mol. The highest BCUT2D eigenvalue weighted by Gasteiger charge is 2.16. The standard InChI is InChI=1S/C24H32N4O2/c1-17(2)18-10-12-20(13-11-18)26-24(25-16-22-9-6-14-30-22)27-23(29)19-7-5-8-21(15-19)28(3)4/h5,7-8,10-13,15,17,22H,6,9,14,16H2,1-4H3,(H2,25,26,27,29)/t22-/m1/s1. The molecule has 6 nitrogen and oxygen atoms in total. The van der Waals surface area contributed by atoms with Gasteiger partial charge in [-0.25, -0.2) is 4.99 Å². The van der Waals surface area contributed by atoms with E-state index in [4.69, 9.17) is 4.74 Å². The van der Waals surface area contributed by atoms with Gasteiger partial charge in [0.05, 0.1) is 12.6 Å². The van der Waals surface area contributed by atoms with Gasteiger partial charge in [-0.1, -0.05) is 32.0 Å². The molecule has 1 atom stereocenters. The van der Waals surface area contributed by atoms with Crippen LogP contribution in [0.3, 0.4) is 0 Å². The molecule has 1 heterocycles. The van der Waals surface area contributed by atoms with Crippen molar-refractivity contribution in [3.8, 4) is 0 Å². The zero-order valence-corrected chi connectivity index (χ0v) is 18.3. The van der Waals surface area contributed by atoms with Gasteiger partial charge in [0, 0.05) is 37.6 Å². The van der Waals surface area contributed by atoms with Gasteiger partial charge in [0.25, 0.3) is 5.91 Å². The van der Waals surface area contributed by atoms with E-state index < -0.39 is 0 Å². The number of aliphatic imine (C=N–C) groups is 1. The summed E-state index contributed by atoms with van der Waals surface area (Å²) >= 11 is 0. The minimum atomic E-state index is -0.198. The van der Waals surface area contributed by atoms with Crippen molar-refractivity contribution in [1.82, 2.24) is 5.32 Å². The molecule has 160 valence electrons. The van der Waals surface area contributed by atoms with Crippen molar-refractivity contribution < 1.29 is 9.53 Å². The highest BCUT2D eigenvalue weighted by molar-refractivity contribution is 6.10. The molecular formula is C24H32N4O2. The fraction of sp³-hybridized carbons (Fsp3) is 0.417. The van der Waals surface area contributed by atoms with Crippen molar-refractivity contribution in [1.29, 1.82) is 0 Å². The zero-order valence-electron chi connectivity index (χ0n) is 18.3. The summed E-state index contributed by atoms with van der Waals surface area (Å²) in [7, 11) is 3.90. The van der Waals surface area contributed by atoms with E-state index in [1.807, 2.05) is 49.3 Å². The van der Waals surface area contributed by atoms with E-state index in [0.717, 1.165) is 30.8 Å². The Kier molecular flexibility index (Phi) is 7.46. The van der Waals surface area contributed by atoms with Crippen molar-refractivity contribution >= 4 is 23.2 Å². The van der Waals surface area contributed by atoms with Crippen molar-refractivity contribution in [3.63, 3.8) is 0 Å². The Hall–Kier alpha value is -2.86. The first-order valence-corrected chi connectivity index (χ1v) is 10.5. The van der Waals surface area contributed by atoms with Gasteiger partial charge in [-0.2, -0.15) is 0 Å². The molecule has 1 aliphatic rings. The largest absolute Gasteiger partial charge is 0.378 e. The van der Waals surface area contributed by atoms with E-state index in [0.29, 0.717) is 24.0 Å². The van der Waals surface area contributed by atoms with E-state index >= 15 is 0 Å². The van der Waals surface area contributed by atoms with Crippen LogP contribution in [0.4, 0.5) is 11.4 Å². The maximum Gasteiger partial charge on any atom is 0.258 e. The second kappa shape index (κ2) is 10.3. The minimum Gasteiger partial charge on any atom is -0.378 e. The highest BCUT2D eigenvalue weighted by Crippen LogP contribution is 2.18. The van der Waals surface area contributed by atoms with E-state index in [-0.39, 0.29) is 12.0 Å². The number of carbonyl (C=O) groups is 1. The van der Waals surface area contributed by atoms with Gasteiger partial charge in [0.15, 0.2) is 0 Å². The number of guanidine groups is 1. The van der Waals surface area contributed by atoms with Crippen molar-refractivity contribution in [2.45, 2.75) is 38.7 Å². The normalized spacial score (nSPS) is 16.6. The van der Waals surface area contributed by atoms with Crippen LogP contribution in [0.5, 0.6) is 0 Å². The van der Waals surface area contributed by atoms with Crippen LogP contribution < -0.4 is 15.5 Å². The first-order valence-electron chi connectivity index (χ1n) is 10.5. The Morgan fingerprint density at radius 3 is 2.60 bits per heavy atom. The number of ether oxygens (including phenoxy) is 1. The smallest absolute Gasteiger partial charge is 0.258 e. The molecule has 3 rings (SSSR count). The quantitative estimate of drug-likeness (QED) is 0.554. The lowest BCUT2D eigenvalue weighted by atomic mass is 10.0. The van der Waals surface area contributed by atoms with E-state index in [1.165, 1.54) is 5.56 Å². The minimum absolute atomic E-state index is 0.110. The lowest BCUT2D eigenvalue weighted by Crippen LogP contribution is -2.36. The number of nitrogens with one attached hydrogen (secondary N) is 2. The summed E-state index contributed by atoms with van der Waals surface area (Å²) in [6.45, 7) is 5.63. The molecule has 6 heteroatoms. The third-order valence-corrected chi connectivity index (χ3v) is 5.17. The molecule has 0 aromatic heterocycles. The molecule has 2 aromatic rings. The number of rotatable bonds is 6. The Balaban J connectivity index is 1.75. The number of carbonyl (C=O) groups excluding carboxylic acids is 1. The third-order valence-electron chi connectivity index (χ3n) is 5.17. The summed E-state index contributed by atoms with van der Waals surface area (Å²) in [6, 6.07) is 15.7. The monoisotopic (exact) mass is 408 g/mol. The van der Waals surface area contributed by atoms with Crippen LogP contribution in [0.2, 0.25) is 0 Å². The summed E-state index contributed by atoms with van der Waals surface area (Å²) in [5, 5.41) is 6.19. The fourth-order valence-electron chi connectivity index (χ4n) is 3.28. The van der Waals surface area contributed by atoms with E-state index in [2.05, 4.69) is 41.6 Å². The molecule has 1 saturated heterocycles. The fourth-order valence-corrected chi connectivity index (χ4v) is 3.28. The van der Waals surface area contributed by atoms with Crippen LogP contribution in [0, 0.1) is 0 Å². The van der Waals surface area contributed by atoms with Gasteiger partial charge in [-0.3, -0.25) is 10.1 Å². The van der Waals surface area contributed by atoms with Crippen molar-refractivity contribution in [2.24, 2.45) is 4.99 Å². The first kappa shape index (κ1) is 21.8. The van der Waals surface area contributed by atoms with Gasteiger partial charge in [0.1, 0.15) is 0 Å². The topological polar surface area (TPSA) is 66.0 Å². The summed E-state index contributed by atoms with van der Waals surface area (Å²) < 4.78 is 5.67. The number of hydrogen-bond acceptors (Lipinski definition) is 4. The molecule has 2 N–H and O–H groups in total. The molecular weight excluding hydrogens is 376 g/mol. The number of hydrogen-bond donors (Lipinski definition) is 2. The number of nitrogens with zero attached hydrogens (tertiary/aromatic N) is 2. The Labute approximate surface area is 179 Å². The van der Waals surface area contributed by atoms with Crippen molar-refractivity contribution in [3.05, 3.63) is 59.7 Å². The lowest BCUT2D eigenvalue weighted by Gasteiger charge is -2.16. The average Bonchev–Trinajstić information content (AvgIpc) is 3.26. The van der Waals surface area contributed by atoms with Crippen LogP contribution in [0.15, 0.2) is 53.5 Å². The van der Waals surface area contributed by atoms with Crippen LogP contribution in [-0.4, -0.2) is 45.2 Å². The highest BCUT2D eigenvalue weighted by atomic mass is 16.5. The molecule has 0 aliphatic carbocycles. The number of anilines is 2. The molecule has 0 saturated carbocycles. The molecule has 0 spiro atoms. The van der Waals surface area contributed by atoms with Crippen LogP contribution >= 0.6 is 0 Å². The molecule has 1 aliphatic heterocycles. The van der Waals surface area contributed by atoms with Gasteiger partial charge >= 0.3 is 0 Å². The Bertz CT molecular complexity index is 869. The lowest BCUT2D eigenvalue weighted by molar-refractivity contribution is 0.0975. The second-order valence-corrected chi connectivity index (χ2v) is 8.12. The maximum absolute atomic E-state index is 12.9. The molecule has 0 unspecified atom stereocenters. The van der Waals surface area contributed by atoms with Gasteiger partial charge in [-0.05, 0) is 54.7 Å². The Morgan fingerprint density at radius 1 is 1.20 bits per heavy atom. The molecule has 0 bridgehead atoms. The SMILES string of the molecule is CC(C)c1ccc(NC(=NC[C@H]2CCCO2)NC(=O)c2cccc(N(C)C)c2)cc1. The summed E-state index contributed by atoms with van der Waals surface area (Å²) in [5.74, 6) is 0.703. The van der Waals surface area contributed by atoms with Crippen LogP contribution in [0.1, 0.15) is 48.5 Å². The number of benzene rings is 2. The predicted octanol–water partition coefficient (Wildman–Crippen LogP) is 4.25. The predicted molar refractivity (Wildman–Crippen MR) is 124 cm³/mol. The maximum atomic E-state index is 12.9. The Morgan fingerprint density at radius 2 is 1.97 bits per heavy atom. The van der Waals surface area contributed by atoms with Gasteiger partial charge in [0.2, 0.25) is 5.96 Å². The van der Waals surface area contributed by atoms with Gasteiger partial charge < -0.3 is 15.0 Å². The molecule has 1 amide bonds. The van der Waals surface area contributed by atoms with Crippen molar-refractivity contribution in [2.75, 3.05) is 37.5 Å². The molecule has 2 aromatic carbocycles. The molecule has 30 heavy (non-hydrogen) atoms. The molecule has 1 fully saturated rings. The molecule has 0 radical (unpaired) electrons. The van der Waals surface area contributed by atoms with Gasteiger partial charge in [-0.15, -0.1) is 0 Å².